The predicted molar refractivity (Wildman–Crippen MR) is 88.3 cm³/mol. The van der Waals surface area contributed by atoms with Crippen LogP contribution in [0.2, 0.25) is 0 Å². The first-order chi connectivity index (χ1) is 10.8. The Kier molecular flexibility index (Phi) is 3.94. The zero-order chi connectivity index (χ0) is 14.9. The highest BCUT2D eigenvalue weighted by Crippen LogP contribution is 2.34. The minimum atomic E-state index is 0.169. The molecule has 2 atom stereocenters. The average Bonchev–Trinajstić information content (AvgIpc) is 3.23. The number of hydrogen-bond acceptors (Lipinski definition) is 4. The van der Waals surface area contributed by atoms with Crippen LogP contribution >= 0.6 is 11.3 Å². The third-order valence-corrected chi connectivity index (χ3v) is 6.23. The minimum absolute atomic E-state index is 0.169. The van der Waals surface area contributed by atoms with E-state index in [9.17, 15) is 4.79 Å². The summed E-state index contributed by atoms with van der Waals surface area (Å²) >= 11 is 1.71. The molecule has 1 saturated carbocycles. The summed E-state index contributed by atoms with van der Waals surface area (Å²) in [5.74, 6) is 1.22. The quantitative estimate of drug-likeness (QED) is 0.911. The van der Waals surface area contributed by atoms with Gasteiger partial charge in [-0.25, -0.2) is 9.78 Å². The first kappa shape index (κ1) is 14.3. The molecule has 0 bridgehead atoms. The minimum Gasteiger partial charge on any atom is -0.347 e. The smallest absolute Gasteiger partial charge is 0.317 e. The topological polar surface area (TPSA) is 48.5 Å². The zero-order valence-electron chi connectivity index (χ0n) is 12.9. The number of amides is 2. The fourth-order valence-corrected chi connectivity index (χ4v) is 4.86. The van der Waals surface area contributed by atoms with E-state index in [1.807, 2.05) is 16.5 Å². The summed E-state index contributed by atoms with van der Waals surface area (Å²) in [4.78, 5) is 21.3. The molecule has 22 heavy (non-hydrogen) atoms. The van der Waals surface area contributed by atoms with Gasteiger partial charge in [-0.1, -0.05) is 19.3 Å². The molecule has 0 spiro atoms. The molecule has 0 aromatic carbocycles. The van der Waals surface area contributed by atoms with Gasteiger partial charge in [0, 0.05) is 55.6 Å². The normalized spacial score (nSPS) is 28.9. The summed E-state index contributed by atoms with van der Waals surface area (Å²) in [6.45, 7) is 3.91. The molecule has 1 aliphatic carbocycles. The lowest BCUT2D eigenvalue weighted by molar-refractivity contribution is 0.197. The molecule has 1 aromatic rings. The monoisotopic (exact) mass is 320 g/mol. The van der Waals surface area contributed by atoms with Crippen LogP contribution in [0.3, 0.4) is 0 Å². The van der Waals surface area contributed by atoms with Gasteiger partial charge in [-0.3, -0.25) is 0 Å². The van der Waals surface area contributed by atoms with Crippen molar-refractivity contribution in [1.82, 2.24) is 15.2 Å². The lowest BCUT2D eigenvalue weighted by atomic mass is 9.96. The van der Waals surface area contributed by atoms with Crippen LogP contribution in [0.25, 0.3) is 0 Å². The van der Waals surface area contributed by atoms with Crippen LogP contribution in [0.15, 0.2) is 11.6 Å². The van der Waals surface area contributed by atoms with Crippen molar-refractivity contribution >= 4 is 22.5 Å². The molecule has 2 amide bonds. The second-order valence-corrected chi connectivity index (χ2v) is 7.80. The van der Waals surface area contributed by atoms with Crippen molar-refractivity contribution in [1.29, 1.82) is 0 Å². The van der Waals surface area contributed by atoms with Gasteiger partial charge in [-0.15, -0.1) is 11.3 Å². The van der Waals surface area contributed by atoms with Gasteiger partial charge in [0.05, 0.1) is 0 Å². The van der Waals surface area contributed by atoms with Crippen LogP contribution in [0, 0.1) is 11.8 Å². The molecule has 6 heteroatoms. The van der Waals surface area contributed by atoms with Gasteiger partial charge in [-0.2, -0.15) is 0 Å². The summed E-state index contributed by atoms with van der Waals surface area (Å²) in [6.07, 6.45) is 8.04. The molecule has 4 rings (SSSR count). The largest absolute Gasteiger partial charge is 0.347 e. The Hall–Kier alpha value is -1.30. The molecular weight excluding hydrogens is 296 g/mol. The first-order valence-corrected chi connectivity index (χ1v) is 9.37. The molecule has 3 fully saturated rings. The van der Waals surface area contributed by atoms with E-state index in [2.05, 4.69) is 15.2 Å². The number of anilines is 1. The van der Waals surface area contributed by atoms with Crippen LogP contribution in [-0.2, 0) is 0 Å². The molecule has 1 N–H and O–H groups in total. The van der Waals surface area contributed by atoms with E-state index in [1.165, 1.54) is 19.3 Å². The number of carbonyl (C=O) groups excluding carboxylic acids is 1. The van der Waals surface area contributed by atoms with Crippen molar-refractivity contribution in [2.24, 2.45) is 11.8 Å². The average molecular weight is 320 g/mol. The number of nitrogens with zero attached hydrogens (tertiary/aromatic N) is 3. The molecule has 5 nitrogen and oxygen atoms in total. The maximum atomic E-state index is 12.4. The Morgan fingerprint density at radius 3 is 2.50 bits per heavy atom. The molecular formula is C16H24N4OS. The molecule has 3 heterocycles. The van der Waals surface area contributed by atoms with E-state index in [-0.39, 0.29) is 6.03 Å². The van der Waals surface area contributed by atoms with Gasteiger partial charge < -0.3 is 15.1 Å². The number of aromatic nitrogens is 1. The van der Waals surface area contributed by atoms with Gasteiger partial charge in [0.15, 0.2) is 5.13 Å². The molecule has 0 radical (unpaired) electrons. The van der Waals surface area contributed by atoms with Crippen molar-refractivity contribution in [2.45, 2.75) is 38.1 Å². The van der Waals surface area contributed by atoms with Gasteiger partial charge in [-0.05, 0) is 12.8 Å². The van der Waals surface area contributed by atoms with Gasteiger partial charge in [0.1, 0.15) is 0 Å². The van der Waals surface area contributed by atoms with Crippen molar-refractivity contribution < 1.29 is 4.79 Å². The highest BCUT2D eigenvalue weighted by atomic mass is 32.1. The SMILES string of the molecule is O=C(NC1CCCCC1)N1CC2CN(c3nccs3)CC2C1. The van der Waals surface area contributed by atoms with Crippen LogP contribution in [-0.4, -0.2) is 48.1 Å². The van der Waals surface area contributed by atoms with Crippen LogP contribution in [0.5, 0.6) is 0 Å². The van der Waals surface area contributed by atoms with Gasteiger partial charge in [0.2, 0.25) is 0 Å². The maximum Gasteiger partial charge on any atom is 0.317 e. The van der Waals surface area contributed by atoms with Crippen molar-refractivity contribution in [3.05, 3.63) is 11.6 Å². The number of urea groups is 1. The van der Waals surface area contributed by atoms with E-state index in [0.717, 1.165) is 44.2 Å². The van der Waals surface area contributed by atoms with Crippen LogP contribution in [0.1, 0.15) is 32.1 Å². The van der Waals surface area contributed by atoms with E-state index in [4.69, 9.17) is 0 Å². The number of rotatable bonds is 2. The molecule has 3 aliphatic rings. The predicted octanol–water partition coefficient (Wildman–Crippen LogP) is 2.55. The standard InChI is InChI=1S/C16H24N4OS/c21-15(18-14-4-2-1-3-5-14)19-8-12-10-20(11-13(12)9-19)16-17-6-7-22-16/h6-7,12-14H,1-5,8-11H2,(H,18,21). The Morgan fingerprint density at radius 2 is 1.86 bits per heavy atom. The molecule has 1 aromatic heterocycles. The number of likely N-dealkylation sites (tertiary alicyclic amines) is 1. The van der Waals surface area contributed by atoms with Gasteiger partial charge in [0.25, 0.3) is 0 Å². The maximum absolute atomic E-state index is 12.4. The summed E-state index contributed by atoms with van der Waals surface area (Å²) in [5.41, 5.74) is 0. The molecule has 2 unspecified atom stereocenters. The second-order valence-electron chi connectivity index (χ2n) is 6.93. The fraction of sp³-hybridized carbons (Fsp3) is 0.750. The van der Waals surface area contributed by atoms with Crippen LogP contribution in [0.4, 0.5) is 9.93 Å². The lowest BCUT2D eigenvalue weighted by Gasteiger charge is -2.27. The molecule has 2 aliphatic heterocycles. The highest BCUT2D eigenvalue weighted by molar-refractivity contribution is 7.13. The number of nitrogens with one attached hydrogen (secondary N) is 1. The fourth-order valence-electron chi connectivity index (χ4n) is 4.20. The Bertz CT molecular complexity index is 500. The third-order valence-electron chi connectivity index (χ3n) is 5.40. The molecule has 2 saturated heterocycles. The lowest BCUT2D eigenvalue weighted by Crippen LogP contribution is -2.45. The summed E-state index contributed by atoms with van der Waals surface area (Å²) in [5, 5.41) is 6.42. The number of hydrogen-bond donors (Lipinski definition) is 1. The van der Waals surface area contributed by atoms with Crippen molar-refractivity contribution in [3.8, 4) is 0 Å². The van der Waals surface area contributed by atoms with Gasteiger partial charge >= 0.3 is 6.03 Å². The Balaban J connectivity index is 1.30. The first-order valence-electron chi connectivity index (χ1n) is 8.49. The van der Waals surface area contributed by atoms with E-state index >= 15 is 0 Å². The number of carbonyl (C=O) groups is 1. The van der Waals surface area contributed by atoms with E-state index in [0.29, 0.717) is 17.9 Å². The Morgan fingerprint density at radius 1 is 1.14 bits per heavy atom. The third kappa shape index (κ3) is 2.81. The molecule has 120 valence electrons. The number of fused-ring (bicyclic) bond motifs is 1. The second kappa shape index (κ2) is 6.07. The van der Waals surface area contributed by atoms with Crippen molar-refractivity contribution in [3.63, 3.8) is 0 Å². The Labute approximate surface area is 135 Å². The van der Waals surface area contributed by atoms with E-state index in [1.54, 1.807) is 11.3 Å². The summed E-state index contributed by atoms with van der Waals surface area (Å²) < 4.78 is 0. The summed E-state index contributed by atoms with van der Waals surface area (Å²) in [6, 6.07) is 0.579. The highest BCUT2D eigenvalue weighted by Gasteiger charge is 2.42. The number of thiazole rings is 1. The van der Waals surface area contributed by atoms with Crippen LogP contribution < -0.4 is 10.2 Å². The summed E-state index contributed by atoms with van der Waals surface area (Å²) in [7, 11) is 0. The van der Waals surface area contributed by atoms with E-state index < -0.39 is 0 Å². The van der Waals surface area contributed by atoms with Crippen molar-refractivity contribution in [2.75, 3.05) is 31.1 Å². The zero-order valence-corrected chi connectivity index (χ0v) is 13.7.